The van der Waals surface area contributed by atoms with Crippen LogP contribution in [0.5, 0.6) is 0 Å². The standard InChI is InChI=1S/C20H20N4O2S/c1-12(2)26-19(25)16-13(3)21-20-22-18(15-10-7-11-27-15)23-24(20)17(16)14-8-5-4-6-9-14/h4-12,17H,1-3H3,(H,21,22,23)/t17-/m1/s1. The number of anilines is 1. The molecule has 138 valence electrons. The van der Waals surface area contributed by atoms with E-state index in [1.165, 1.54) is 0 Å². The minimum Gasteiger partial charge on any atom is -0.459 e. The lowest BCUT2D eigenvalue weighted by molar-refractivity contribution is -0.143. The van der Waals surface area contributed by atoms with Gasteiger partial charge < -0.3 is 10.1 Å². The van der Waals surface area contributed by atoms with E-state index < -0.39 is 6.04 Å². The minimum absolute atomic E-state index is 0.201. The van der Waals surface area contributed by atoms with Crippen LogP contribution in [-0.2, 0) is 9.53 Å². The molecule has 1 atom stereocenters. The van der Waals surface area contributed by atoms with Gasteiger partial charge in [0.1, 0.15) is 6.04 Å². The number of nitrogens with one attached hydrogen (secondary N) is 1. The molecule has 0 spiro atoms. The summed E-state index contributed by atoms with van der Waals surface area (Å²) >= 11 is 1.58. The lowest BCUT2D eigenvalue weighted by Gasteiger charge is -2.28. The van der Waals surface area contributed by atoms with Crippen molar-refractivity contribution in [2.75, 3.05) is 5.32 Å². The number of carbonyl (C=O) groups excluding carboxylic acids is 1. The van der Waals surface area contributed by atoms with Crippen LogP contribution in [0.4, 0.5) is 5.95 Å². The van der Waals surface area contributed by atoms with Gasteiger partial charge in [-0.15, -0.1) is 16.4 Å². The second kappa shape index (κ2) is 7.00. The Balaban J connectivity index is 1.84. The molecular weight excluding hydrogens is 360 g/mol. The maximum atomic E-state index is 12.9. The summed E-state index contributed by atoms with van der Waals surface area (Å²) in [6.07, 6.45) is -0.201. The molecule has 0 unspecified atom stereocenters. The van der Waals surface area contributed by atoms with E-state index in [0.717, 1.165) is 16.1 Å². The Hall–Kier alpha value is -2.93. The fourth-order valence-electron chi connectivity index (χ4n) is 3.15. The third kappa shape index (κ3) is 3.26. The van der Waals surface area contributed by atoms with Crippen LogP contribution in [-0.4, -0.2) is 26.8 Å². The van der Waals surface area contributed by atoms with Crippen LogP contribution < -0.4 is 5.32 Å². The second-order valence-electron chi connectivity index (χ2n) is 6.61. The number of fused-ring (bicyclic) bond motifs is 1. The molecule has 3 aromatic rings. The highest BCUT2D eigenvalue weighted by Crippen LogP contribution is 2.37. The van der Waals surface area contributed by atoms with E-state index in [-0.39, 0.29) is 12.1 Å². The van der Waals surface area contributed by atoms with Crippen LogP contribution in [0.2, 0.25) is 0 Å². The van der Waals surface area contributed by atoms with E-state index in [0.29, 0.717) is 17.3 Å². The Bertz CT molecular complexity index is 990. The summed E-state index contributed by atoms with van der Waals surface area (Å²) in [5.74, 6) is 0.910. The van der Waals surface area contributed by atoms with Gasteiger partial charge in [-0.3, -0.25) is 0 Å². The van der Waals surface area contributed by atoms with Gasteiger partial charge in [-0.05, 0) is 37.8 Å². The van der Waals surface area contributed by atoms with Crippen LogP contribution in [0.25, 0.3) is 10.7 Å². The van der Waals surface area contributed by atoms with Gasteiger partial charge in [-0.2, -0.15) is 4.98 Å². The number of hydrogen-bond donors (Lipinski definition) is 1. The molecule has 0 aliphatic carbocycles. The first kappa shape index (κ1) is 17.5. The average molecular weight is 380 g/mol. The van der Waals surface area contributed by atoms with Crippen molar-refractivity contribution < 1.29 is 9.53 Å². The van der Waals surface area contributed by atoms with E-state index in [1.54, 1.807) is 16.0 Å². The number of aromatic nitrogens is 3. The maximum absolute atomic E-state index is 12.9. The quantitative estimate of drug-likeness (QED) is 0.686. The third-order valence-corrected chi connectivity index (χ3v) is 5.14. The molecule has 1 aromatic carbocycles. The fourth-order valence-corrected chi connectivity index (χ4v) is 3.80. The highest BCUT2D eigenvalue weighted by Gasteiger charge is 2.35. The summed E-state index contributed by atoms with van der Waals surface area (Å²) in [7, 11) is 0. The molecular formula is C20H20N4O2S. The smallest absolute Gasteiger partial charge is 0.338 e. The molecule has 2 aromatic heterocycles. The van der Waals surface area contributed by atoms with Crippen LogP contribution in [0, 0.1) is 0 Å². The van der Waals surface area contributed by atoms with Crippen molar-refractivity contribution in [2.24, 2.45) is 0 Å². The predicted octanol–water partition coefficient (Wildman–Crippen LogP) is 4.25. The minimum atomic E-state index is -0.394. The number of thiophene rings is 1. The number of allylic oxidation sites excluding steroid dienone is 1. The van der Waals surface area contributed by atoms with Crippen LogP contribution >= 0.6 is 11.3 Å². The SMILES string of the molecule is CC1=C(C(=O)OC(C)C)[C@@H](c2ccccc2)n2nc(-c3cccs3)nc2N1. The number of hydrogen-bond acceptors (Lipinski definition) is 6. The molecule has 0 saturated carbocycles. The van der Waals surface area contributed by atoms with Crippen LogP contribution in [0.1, 0.15) is 32.4 Å². The Morgan fingerprint density at radius 3 is 2.67 bits per heavy atom. The molecule has 1 aliphatic rings. The van der Waals surface area contributed by atoms with Crippen molar-refractivity contribution in [2.45, 2.75) is 32.9 Å². The number of rotatable bonds is 4. The Kier molecular flexibility index (Phi) is 4.53. The molecule has 0 amide bonds. The lowest BCUT2D eigenvalue weighted by Crippen LogP contribution is -2.30. The molecule has 0 radical (unpaired) electrons. The molecule has 1 N–H and O–H groups in total. The maximum Gasteiger partial charge on any atom is 0.338 e. The predicted molar refractivity (Wildman–Crippen MR) is 105 cm³/mol. The number of esters is 1. The molecule has 1 aliphatic heterocycles. The van der Waals surface area contributed by atoms with Gasteiger partial charge in [0.2, 0.25) is 5.95 Å². The van der Waals surface area contributed by atoms with Gasteiger partial charge >= 0.3 is 5.97 Å². The molecule has 7 heteroatoms. The van der Waals surface area contributed by atoms with Crippen molar-refractivity contribution >= 4 is 23.3 Å². The summed E-state index contributed by atoms with van der Waals surface area (Å²) < 4.78 is 7.28. The average Bonchev–Trinajstić information content (AvgIpc) is 3.29. The summed E-state index contributed by atoms with van der Waals surface area (Å²) in [5, 5.41) is 9.92. The normalized spacial score (nSPS) is 16.2. The number of ether oxygens (including phenoxy) is 1. The third-order valence-electron chi connectivity index (χ3n) is 4.27. The number of benzene rings is 1. The van der Waals surface area contributed by atoms with Gasteiger partial charge in [0.15, 0.2) is 5.82 Å². The highest BCUT2D eigenvalue weighted by atomic mass is 32.1. The van der Waals surface area contributed by atoms with Gasteiger partial charge in [0, 0.05) is 5.70 Å². The van der Waals surface area contributed by atoms with Gasteiger partial charge in [-0.25, -0.2) is 9.48 Å². The van der Waals surface area contributed by atoms with E-state index in [1.807, 2.05) is 68.6 Å². The van der Waals surface area contributed by atoms with Crippen molar-refractivity contribution in [3.8, 4) is 10.7 Å². The molecule has 27 heavy (non-hydrogen) atoms. The summed E-state index contributed by atoms with van der Waals surface area (Å²) in [4.78, 5) is 18.5. The monoisotopic (exact) mass is 380 g/mol. The first-order chi connectivity index (χ1) is 13.0. The zero-order valence-corrected chi connectivity index (χ0v) is 16.2. The van der Waals surface area contributed by atoms with Gasteiger partial charge in [0.05, 0.1) is 16.6 Å². The Labute approximate surface area is 161 Å². The van der Waals surface area contributed by atoms with E-state index in [2.05, 4.69) is 10.3 Å². The molecule has 0 saturated heterocycles. The summed E-state index contributed by atoms with van der Waals surface area (Å²) in [6, 6.07) is 13.4. The summed E-state index contributed by atoms with van der Waals surface area (Å²) in [5.41, 5.74) is 2.23. The largest absolute Gasteiger partial charge is 0.459 e. The topological polar surface area (TPSA) is 69.0 Å². The van der Waals surface area contributed by atoms with E-state index in [4.69, 9.17) is 9.84 Å². The van der Waals surface area contributed by atoms with Crippen LogP contribution in [0.15, 0.2) is 59.1 Å². The van der Waals surface area contributed by atoms with Gasteiger partial charge in [0.25, 0.3) is 0 Å². The van der Waals surface area contributed by atoms with Crippen molar-refractivity contribution in [3.05, 3.63) is 64.7 Å². The molecule has 3 heterocycles. The second-order valence-corrected chi connectivity index (χ2v) is 7.56. The fraction of sp³-hybridized carbons (Fsp3) is 0.250. The number of carbonyl (C=O) groups is 1. The van der Waals surface area contributed by atoms with E-state index >= 15 is 0 Å². The summed E-state index contributed by atoms with van der Waals surface area (Å²) in [6.45, 7) is 5.56. The molecule has 4 rings (SSSR count). The van der Waals surface area contributed by atoms with Crippen molar-refractivity contribution in [1.29, 1.82) is 0 Å². The van der Waals surface area contributed by atoms with E-state index in [9.17, 15) is 4.79 Å². The zero-order chi connectivity index (χ0) is 19.0. The molecule has 0 fully saturated rings. The van der Waals surface area contributed by atoms with Crippen LogP contribution in [0.3, 0.4) is 0 Å². The lowest BCUT2D eigenvalue weighted by atomic mass is 9.96. The zero-order valence-electron chi connectivity index (χ0n) is 15.3. The van der Waals surface area contributed by atoms with Gasteiger partial charge in [-0.1, -0.05) is 36.4 Å². The first-order valence-electron chi connectivity index (χ1n) is 8.78. The Morgan fingerprint density at radius 2 is 2.00 bits per heavy atom. The number of nitrogens with zero attached hydrogens (tertiary/aromatic N) is 3. The first-order valence-corrected chi connectivity index (χ1v) is 9.66. The van der Waals surface area contributed by atoms with Crippen molar-refractivity contribution in [3.63, 3.8) is 0 Å². The molecule has 6 nitrogen and oxygen atoms in total. The Morgan fingerprint density at radius 1 is 1.22 bits per heavy atom. The molecule has 0 bridgehead atoms. The highest BCUT2D eigenvalue weighted by molar-refractivity contribution is 7.13. The van der Waals surface area contributed by atoms with Crippen molar-refractivity contribution in [1.82, 2.24) is 14.8 Å².